The summed E-state index contributed by atoms with van der Waals surface area (Å²) in [6.07, 6.45) is 8.45. The lowest BCUT2D eigenvalue weighted by atomic mass is 9.75. The summed E-state index contributed by atoms with van der Waals surface area (Å²) >= 11 is 0. The number of amides is 1. The molecular weight excluding hydrogens is 318 g/mol. The van der Waals surface area contributed by atoms with Crippen molar-refractivity contribution in [3.63, 3.8) is 0 Å². The van der Waals surface area contributed by atoms with E-state index in [0.717, 1.165) is 16.8 Å². The fourth-order valence-electron chi connectivity index (χ4n) is 3.40. The van der Waals surface area contributed by atoms with Gasteiger partial charge in [0.1, 0.15) is 11.3 Å². The highest BCUT2D eigenvalue weighted by atomic mass is 16.3. The number of nitrogens with zero attached hydrogens (tertiary/aromatic N) is 4. The van der Waals surface area contributed by atoms with E-state index in [1.54, 1.807) is 17.1 Å². The zero-order valence-corrected chi connectivity index (χ0v) is 14.3. The predicted octanol–water partition coefficient (Wildman–Crippen LogP) is 1.62. The van der Waals surface area contributed by atoms with E-state index in [2.05, 4.69) is 15.4 Å². The Bertz CT molecular complexity index is 923. The Balaban J connectivity index is 1.58. The van der Waals surface area contributed by atoms with Crippen LogP contribution in [0, 0.1) is 12.8 Å². The van der Waals surface area contributed by atoms with Gasteiger partial charge in [-0.1, -0.05) is 6.07 Å². The highest BCUT2D eigenvalue weighted by Crippen LogP contribution is 2.38. The lowest BCUT2D eigenvalue weighted by Crippen LogP contribution is -2.41. The molecule has 1 saturated carbocycles. The molecule has 1 aliphatic rings. The van der Waals surface area contributed by atoms with Crippen LogP contribution >= 0.6 is 0 Å². The molecule has 1 atom stereocenters. The summed E-state index contributed by atoms with van der Waals surface area (Å²) in [6.45, 7) is 2.00. The number of imidazole rings is 1. The highest BCUT2D eigenvalue weighted by molar-refractivity contribution is 5.93. The van der Waals surface area contributed by atoms with Gasteiger partial charge in [0.15, 0.2) is 0 Å². The van der Waals surface area contributed by atoms with Crippen molar-refractivity contribution in [3.8, 4) is 0 Å². The minimum Gasteiger partial charge on any atom is -0.393 e. The molecule has 2 N–H and O–H groups in total. The summed E-state index contributed by atoms with van der Waals surface area (Å²) in [7, 11) is 1.85. The number of rotatable bonds is 4. The second-order valence-electron chi connectivity index (χ2n) is 6.88. The van der Waals surface area contributed by atoms with E-state index in [1.807, 2.05) is 42.9 Å². The summed E-state index contributed by atoms with van der Waals surface area (Å²) in [5.41, 5.74) is 3.19. The minimum atomic E-state index is -0.278. The molecule has 130 valence electrons. The molecule has 1 fully saturated rings. The monoisotopic (exact) mass is 339 g/mol. The molecule has 1 aliphatic carbocycles. The molecule has 3 aromatic rings. The number of aliphatic hydroxyl groups is 1. The van der Waals surface area contributed by atoms with Gasteiger partial charge in [-0.3, -0.25) is 9.48 Å². The number of fused-ring (bicyclic) bond motifs is 1. The number of aryl methyl sites for hydroxylation is 2. The van der Waals surface area contributed by atoms with Crippen LogP contribution in [0.2, 0.25) is 0 Å². The third-order valence-electron chi connectivity index (χ3n) is 4.82. The first-order valence-corrected chi connectivity index (χ1v) is 8.42. The van der Waals surface area contributed by atoms with E-state index in [-0.39, 0.29) is 24.0 Å². The van der Waals surface area contributed by atoms with Crippen molar-refractivity contribution < 1.29 is 9.90 Å². The Morgan fingerprint density at radius 2 is 2.12 bits per heavy atom. The van der Waals surface area contributed by atoms with E-state index in [4.69, 9.17) is 0 Å². The zero-order chi connectivity index (χ0) is 17.6. The largest absolute Gasteiger partial charge is 0.393 e. The molecular formula is C18H21N5O2. The summed E-state index contributed by atoms with van der Waals surface area (Å²) in [4.78, 5) is 17.1. The molecule has 4 rings (SSSR count). The van der Waals surface area contributed by atoms with Crippen molar-refractivity contribution in [1.82, 2.24) is 24.5 Å². The summed E-state index contributed by atoms with van der Waals surface area (Å²) in [5, 5.41) is 16.9. The first-order chi connectivity index (χ1) is 12.0. The molecule has 7 heteroatoms. The Hall–Kier alpha value is -2.67. The van der Waals surface area contributed by atoms with Gasteiger partial charge in [-0.25, -0.2) is 4.98 Å². The molecule has 1 amide bonds. The maximum Gasteiger partial charge on any atom is 0.272 e. The Morgan fingerprint density at radius 1 is 1.32 bits per heavy atom. The molecule has 3 aromatic heterocycles. The maximum absolute atomic E-state index is 12.7. The molecule has 0 aliphatic heterocycles. The summed E-state index contributed by atoms with van der Waals surface area (Å²) in [6, 6.07) is 3.70. The van der Waals surface area contributed by atoms with Gasteiger partial charge in [0, 0.05) is 31.2 Å². The second-order valence-corrected chi connectivity index (χ2v) is 6.88. The number of hydrogen-bond donors (Lipinski definition) is 2. The molecule has 0 radical (unpaired) electrons. The number of aromatic nitrogens is 4. The normalized spacial score (nSPS) is 21.1. The second kappa shape index (κ2) is 6.00. The number of nitrogens with one attached hydrogen (secondary N) is 1. The topological polar surface area (TPSA) is 84.5 Å². The average molecular weight is 339 g/mol. The quantitative estimate of drug-likeness (QED) is 0.756. The van der Waals surface area contributed by atoms with Crippen LogP contribution in [0.15, 0.2) is 36.9 Å². The van der Waals surface area contributed by atoms with E-state index in [9.17, 15) is 9.90 Å². The van der Waals surface area contributed by atoms with Crippen LogP contribution in [0.1, 0.15) is 40.5 Å². The van der Waals surface area contributed by atoms with Gasteiger partial charge in [-0.05, 0) is 37.3 Å². The fraction of sp³-hybridized carbons (Fsp3) is 0.389. The number of carbonyl (C=O) groups is 1. The number of hydrogen-bond acceptors (Lipinski definition) is 4. The van der Waals surface area contributed by atoms with Crippen molar-refractivity contribution in [2.45, 2.75) is 31.9 Å². The smallest absolute Gasteiger partial charge is 0.272 e. The van der Waals surface area contributed by atoms with Gasteiger partial charge in [0.05, 0.1) is 18.3 Å². The van der Waals surface area contributed by atoms with Gasteiger partial charge in [-0.15, -0.1) is 0 Å². The standard InChI is InChI=1S/C18H21N5O2/c1-11-3-4-16-20-15(10-23(16)8-11)18(25)21-17(12-5-14(24)6-12)13-7-19-22(2)9-13/h3-4,7-10,12,14,17,24H,5-6H2,1-2H3,(H,21,25). The molecule has 0 aromatic carbocycles. The predicted molar refractivity (Wildman–Crippen MR) is 92.1 cm³/mol. The number of pyridine rings is 1. The molecule has 25 heavy (non-hydrogen) atoms. The van der Waals surface area contributed by atoms with Gasteiger partial charge in [0.2, 0.25) is 0 Å². The zero-order valence-electron chi connectivity index (χ0n) is 14.3. The van der Waals surface area contributed by atoms with E-state index < -0.39 is 0 Å². The third-order valence-corrected chi connectivity index (χ3v) is 4.82. The van der Waals surface area contributed by atoms with Crippen molar-refractivity contribution in [1.29, 1.82) is 0 Å². The first kappa shape index (κ1) is 15.8. The lowest BCUT2D eigenvalue weighted by Gasteiger charge is -2.37. The molecule has 1 unspecified atom stereocenters. The lowest BCUT2D eigenvalue weighted by molar-refractivity contribution is 0.0234. The Morgan fingerprint density at radius 3 is 2.80 bits per heavy atom. The van der Waals surface area contributed by atoms with Gasteiger partial charge in [-0.2, -0.15) is 5.10 Å². The SMILES string of the molecule is Cc1ccc2nc(C(=O)NC(c3cnn(C)c3)C3CC(O)C3)cn2c1. The van der Waals surface area contributed by atoms with Gasteiger partial charge in [0.25, 0.3) is 5.91 Å². The van der Waals surface area contributed by atoms with Crippen LogP contribution in [0.4, 0.5) is 0 Å². The van der Waals surface area contributed by atoms with Crippen LogP contribution in [-0.2, 0) is 7.05 Å². The van der Waals surface area contributed by atoms with Gasteiger partial charge >= 0.3 is 0 Å². The first-order valence-electron chi connectivity index (χ1n) is 8.42. The van der Waals surface area contributed by atoms with Crippen LogP contribution < -0.4 is 5.32 Å². The van der Waals surface area contributed by atoms with Crippen LogP contribution in [0.25, 0.3) is 5.65 Å². The van der Waals surface area contributed by atoms with Crippen LogP contribution in [0.3, 0.4) is 0 Å². The fourth-order valence-corrected chi connectivity index (χ4v) is 3.40. The Kier molecular flexibility index (Phi) is 3.80. The van der Waals surface area contributed by atoms with E-state index in [0.29, 0.717) is 18.5 Å². The number of carbonyl (C=O) groups excluding carboxylic acids is 1. The maximum atomic E-state index is 12.7. The van der Waals surface area contributed by atoms with Crippen LogP contribution in [-0.4, -0.2) is 36.3 Å². The van der Waals surface area contributed by atoms with Crippen molar-refractivity contribution in [3.05, 3.63) is 53.7 Å². The van der Waals surface area contributed by atoms with Crippen molar-refractivity contribution in [2.24, 2.45) is 13.0 Å². The van der Waals surface area contributed by atoms with Crippen molar-refractivity contribution in [2.75, 3.05) is 0 Å². The van der Waals surface area contributed by atoms with E-state index in [1.165, 1.54) is 0 Å². The van der Waals surface area contributed by atoms with Crippen molar-refractivity contribution >= 4 is 11.6 Å². The average Bonchev–Trinajstić information content (AvgIpc) is 3.15. The van der Waals surface area contributed by atoms with Crippen LogP contribution in [0.5, 0.6) is 0 Å². The Labute approximate surface area is 145 Å². The molecule has 0 bridgehead atoms. The minimum absolute atomic E-state index is 0.170. The van der Waals surface area contributed by atoms with E-state index >= 15 is 0 Å². The summed E-state index contributed by atoms with van der Waals surface area (Å²) in [5.74, 6) is -0.000906. The molecule has 7 nitrogen and oxygen atoms in total. The molecule has 0 saturated heterocycles. The third kappa shape index (κ3) is 3.02. The molecule has 3 heterocycles. The molecule has 0 spiro atoms. The highest BCUT2D eigenvalue weighted by Gasteiger charge is 2.36. The summed E-state index contributed by atoms with van der Waals surface area (Å²) < 4.78 is 3.58. The number of aliphatic hydroxyl groups excluding tert-OH is 1. The van der Waals surface area contributed by atoms with Gasteiger partial charge < -0.3 is 14.8 Å².